The van der Waals surface area contributed by atoms with Crippen LogP contribution in [0.2, 0.25) is 0 Å². The molecule has 1 aromatic rings. The molecule has 2 N–H and O–H groups in total. The molecule has 0 bridgehead atoms. The van der Waals surface area contributed by atoms with Crippen LogP contribution in [0.3, 0.4) is 0 Å². The molecule has 128 valence electrons. The third-order valence-corrected chi connectivity index (χ3v) is 3.12. The molecular formula is C17H30ClNO3. The maximum absolute atomic E-state index is 9.67. The average Bonchev–Trinajstić information content (AvgIpc) is 2.45. The van der Waals surface area contributed by atoms with Gasteiger partial charge in [-0.2, -0.15) is 0 Å². The van der Waals surface area contributed by atoms with Gasteiger partial charge < -0.3 is 19.9 Å². The molecular weight excluding hydrogens is 302 g/mol. The Morgan fingerprint density at radius 3 is 2.23 bits per heavy atom. The fraction of sp³-hybridized carbons (Fsp3) is 0.647. The minimum absolute atomic E-state index is 0. The Hall–Kier alpha value is -0.810. The zero-order valence-electron chi connectivity index (χ0n) is 14.0. The van der Waals surface area contributed by atoms with Crippen LogP contribution < -0.4 is 10.1 Å². The molecule has 0 amide bonds. The van der Waals surface area contributed by atoms with Gasteiger partial charge in [-0.3, -0.25) is 0 Å². The van der Waals surface area contributed by atoms with Crippen molar-refractivity contribution >= 4 is 12.4 Å². The van der Waals surface area contributed by atoms with E-state index in [1.807, 2.05) is 26.0 Å². The minimum atomic E-state index is -0.474. The molecule has 1 rings (SSSR count). The lowest BCUT2D eigenvalue weighted by molar-refractivity contribution is 0.0244. The van der Waals surface area contributed by atoms with E-state index in [-0.39, 0.29) is 12.4 Å². The molecule has 0 radical (unpaired) electrons. The van der Waals surface area contributed by atoms with Crippen LogP contribution >= 0.6 is 12.4 Å². The lowest BCUT2D eigenvalue weighted by Crippen LogP contribution is -2.34. The number of nitrogens with one attached hydrogen (secondary N) is 1. The fourth-order valence-electron chi connectivity index (χ4n) is 1.82. The Labute approximate surface area is 140 Å². The Kier molecular flexibility index (Phi) is 11.3. The molecule has 0 saturated heterocycles. The molecule has 0 spiro atoms. The number of hydrogen-bond acceptors (Lipinski definition) is 4. The molecule has 0 aromatic heterocycles. The van der Waals surface area contributed by atoms with Gasteiger partial charge in [-0.25, -0.2) is 0 Å². The summed E-state index contributed by atoms with van der Waals surface area (Å²) < 4.78 is 11.0. The summed E-state index contributed by atoms with van der Waals surface area (Å²) in [5.74, 6) is 1.38. The van der Waals surface area contributed by atoms with Crippen molar-refractivity contribution in [3.8, 4) is 5.75 Å². The highest BCUT2D eigenvalue weighted by molar-refractivity contribution is 5.85. The third-order valence-electron chi connectivity index (χ3n) is 3.12. The van der Waals surface area contributed by atoms with Gasteiger partial charge in [0.25, 0.3) is 0 Å². The van der Waals surface area contributed by atoms with E-state index >= 15 is 0 Å². The van der Waals surface area contributed by atoms with Gasteiger partial charge in [0.2, 0.25) is 0 Å². The molecule has 0 fully saturated rings. The number of hydrogen-bond donors (Lipinski definition) is 2. The smallest absolute Gasteiger partial charge is 0.119 e. The Morgan fingerprint density at radius 1 is 1.05 bits per heavy atom. The number of aliphatic hydroxyl groups excluding tert-OH is 1. The Morgan fingerprint density at radius 2 is 1.68 bits per heavy atom. The number of aliphatic hydroxyl groups is 1. The quantitative estimate of drug-likeness (QED) is 0.647. The summed E-state index contributed by atoms with van der Waals surface area (Å²) in [7, 11) is 0. The first-order valence-corrected chi connectivity index (χ1v) is 7.71. The highest BCUT2D eigenvalue weighted by Crippen LogP contribution is 2.18. The maximum atomic E-state index is 9.67. The first-order chi connectivity index (χ1) is 9.99. The summed E-state index contributed by atoms with van der Waals surface area (Å²) in [6, 6.07) is 8.51. The summed E-state index contributed by atoms with van der Waals surface area (Å²) in [5, 5.41) is 12.8. The van der Waals surface area contributed by atoms with E-state index in [0.29, 0.717) is 38.3 Å². The van der Waals surface area contributed by atoms with Gasteiger partial charge in [-0.1, -0.05) is 39.8 Å². The first kappa shape index (κ1) is 21.2. The summed E-state index contributed by atoms with van der Waals surface area (Å²) in [6.45, 7) is 10.3. The van der Waals surface area contributed by atoms with Gasteiger partial charge in [-0.15, -0.1) is 12.4 Å². The number of benzene rings is 1. The van der Waals surface area contributed by atoms with Crippen molar-refractivity contribution in [2.45, 2.75) is 45.8 Å². The van der Waals surface area contributed by atoms with Crippen molar-refractivity contribution in [3.63, 3.8) is 0 Å². The largest absolute Gasteiger partial charge is 0.491 e. The summed E-state index contributed by atoms with van der Waals surface area (Å²) in [6.07, 6.45) is -0.474. The van der Waals surface area contributed by atoms with Crippen molar-refractivity contribution in [2.75, 3.05) is 26.4 Å². The SMILES string of the molecule is CC(C)NCC(O)COCCOc1ccc(C(C)C)cc1.Cl. The number of rotatable bonds is 10. The number of ether oxygens (including phenoxy) is 2. The van der Waals surface area contributed by atoms with Gasteiger partial charge in [0.05, 0.1) is 19.3 Å². The molecule has 0 aliphatic rings. The van der Waals surface area contributed by atoms with Gasteiger partial charge >= 0.3 is 0 Å². The highest BCUT2D eigenvalue weighted by atomic mass is 35.5. The second-order valence-electron chi connectivity index (χ2n) is 5.86. The molecule has 5 heteroatoms. The minimum Gasteiger partial charge on any atom is -0.491 e. The van der Waals surface area contributed by atoms with E-state index in [4.69, 9.17) is 9.47 Å². The predicted octanol–water partition coefficient (Wildman–Crippen LogP) is 2.99. The van der Waals surface area contributed by atoms with Gasteiger partial charge in [-0.05, 0) is 23.6 Å². The lowest BCUT2D eigenvalue weighted by atomic mass is 10.0. The van der Waals surface area contributed by atoms with E-state index in [9.17, 15) is 5.11 Å². The molecule has 1 unspecified atom stereocenters. The summed E-state index contributed by atoms with van der Waals surface area (Å²) in [5.41, 5.74) is 1.30. The van der Waals surface area contributed by atoms with Crippen LogP contribution in [0.15, 0.2) is 24.3 Å². The zero-order chi connectivity index (χ0) is 15.7. The normalized spacial score (nSPS) is 12.3. The van der Waals surface area contributed by atoms with Gasteiger partial charge in [0, 0.05) is 12.6 Å². The van der Waals surface area contributed by atoms with E-state index in [1.165, 1.54) is 5.56 Å². The van der Waals surface area contributed by atoms with Crippen molar-refractivity contribution in [1.29, 1.82) is 0 Å². The van der Waals surface area contributed by atoms with Crippen LogP contribution in [-0.4, -0.2) is 43.6 Å². The first-order valence-electron chi connectivity index (χ1n) is 7.71. The molecule has 0 aliphatic heterocycles. The number of halogens is 1. The Bertz CT molecular complexity index is 382. The zero-order valence-corrected chi connectivity index (χ0v) is 14.9. The lowest BCUT2D eigenvalue weighted by Gasteiger charge is -2.14. The van der Waals surface area contributed by atoms with Crippen molar-refractivity contribution in [3.05, 3.63) is 29.8 Å². The standard InChI is InChI=1S/C17H29NO3.ClH/c1-13(2)15-5-7-17(8-6-15)21-10-9-20-12-16(19)11-18-14(3)4;/h5-8,13-14,16,18-19H,9-12H2,1-4H3;1H. The van der Waals surface area contributed by atoms with E-state index in [2.05, 4.69) is 31.3 Å². The molecule has 0 aliphatic carbocycles. The second-order valence-corrected chi connectivity index (χ2v) is 5.86. The van der Waals surface area contributed by atoms with Gasteiger partial charge in [0.15, 0.2) is 0 Å². The van der Waals surface area contributed by atoms with E-state index < -0.39 is 6.10 Å². The fourth-order valence-corrected chi connectivity index (χ4v) is 1.82. The molecule has 22 heavy (non-hydrogen) atoms. The van der Waals surface area contributed by atoms with Crippen molar-refractivity contribution < 1.29 is 14.6 Å². The molecule has 1 atom stereocenters. The maximum Gasteiger partial charge on any atom is 0.119 e. The molecule has 4 nitrogen and oxygen atoms in total. The molecule has 1 aromatic carbocycles. The topological polar surface area (TPSA) is 50.7 Å². The van der Waals surface area contributed by atoms with Crippen LogP contribution in [0.25, 0.3) is 0 Å². The van der Waals surface area contributed by atoms with E-state index in [0.717, 1.165) is 5.75 Å². The van der Waals surface area contributed by atoms with E-state index in [1.54, 1.807) is 0 Å². The Balaban J connectivity index is 0.00000441. The molecule has 0 saturated carbocycles. The summed E-state index contributed by atoms with van der Waals surface area (Å²) >= 11 is 0. The second kappa shape index (κ2) is 11.7. The van der Waals surface area contributed by atoms with Crippen molar-refractivity contribution in [2.24, 2.45) is 0 Å². The predicted molar refractivity (Wildman–Crippen MR) is 93.2 cm³/mol. The third kappa shape index (κ3) is 9.26. The van der Waals surface area contributed by atoms with Crippen molar-refractivity contribution in [1.82, 2.24) is 5.32 Å². The van der Waals surface area contributed by atoms with Crippen LogP contribution in [0.5, 0.6) is 5.75 Å². The summed E-state index contributed by atoms with van der Waals surface area (Å²) in [4.78, 5) is 0. The molecule has 0 heterocycles. The van der Waals surface area contributed by atoms with Crippen LogP contribution in [0.1, 0.15) is 39.2 Å². The average molecular weight is 332 g/mol. The van der Waals surface area contributed by atoms with Crippen LogP contribution in [0, 0.1) is 0 Å². The van der Waals surface area contributed by atoms with Crippen LogP contribution in [0.4, 0.5) is 0 Å². The van der Waals surface area contributed by atoms with Crippen LogP contribution in [-0.2, 0) is 4.74 Å². The highest BCUT2D eigenvalue weighted by Gasteiger charge is 2.05. The monoisotopic (exact) mass is 331 g/mol. The van der Waals surface area contributed by atoms with Gasteiger partial charge in [0.1, 0.15) is 12.4 Å².